The summed E-state index contributed by atoms with van der Waals surface area (Å²) in [5, 5.41) is 3.73. The maximum absolute atomic E-state index is 5.35. The first kappa shape index (κ1) is 16.3. The molecule has 1 aromatic carbocycles. The van der Waals surface area contributed by atoms with E-state index in [-0.39, 0.29) is 5.54 Å². The average Bonchev–Trinajstić information content (AvgIpc) is 2.51. The van der Waals surface area contributed by atoms with Gasteiger partial charge in [0.15, 0.2) is 0 Å². The zero-order valence-electron chi connectivity index (χ0n) is 14.0. The van der Waals surface area contributed by atoms with Gasteiger partial charge in [-0.1, -0.05) is 32.4 Å². The summed E-state index contributed by atoms with van der Waals surface area (Å²) in [6.45, 7) is 10.2. The molecule has 1 aliphatic rings. The van der Waals surface area contributed by atoms with Crippen LogP contribution in [0.15, 0.2) is 24.3 Å². The summed E-state index contributed by atoms with van der Waals surface area (Å²) >= 11 is 0. The van der Waals surface area contributed by atoms with Crippen molar-refractivity contribution in [1.29, 1.82) is 0 Å². The SMILES string of the molecule is CCCC1CN(Cc2cccc(OC)c2)C(C)(CC)CN1. The molecule has 3 heteroatoms. The van der Waals surface area contributed by atoms with Crippen molar-refractivity contribution in [3.63, 3.8) is 0 Å². The molecule has 0 bridgehead atoms. The minimum Gasteiger partial charge on any atom is -0.497 e. The highest BCUT2D eigenvalue weighted by Gasteiger charge is 2.35. The van der Waals surface area contributed by atoms with Gasteiger partial charge in [-0.05, 0) is 37.5 Å². The lowest BCUT2D eigenvalue weighted by atomic mass is 9.90. The summed E-state index contributed by atoms with van der Waals surface area (Å²) in [7, 11) is 1.73. The van der Waals surface area contributed by atoms with Crippen molar-refractivity contribution in [2.45, 2.75) is 58.2 Å². The Bertz CT molecular complexity index is 449. The molecule has 1 aromatic rings. The van der Waals surface area contributed by atoms with E-state index in [1.807, 2.05) is 6.07 Å². The molecule has 0 radical (unpaired) electrons. The molecule has 21 heavy (non-hydrogen) atoms. The number of nitrogens with zero attached hydrogens (tertiary/aromatic N) is 1. The second-order valence-electron chi connectivity index (χ2n) is 6.45. The van der Waals surface area contributed by atoms with Crippen molar-refractivity contribution in [2.24, 2.45) is 0 Å². The van der Waals surface area contributed by atoms with Crippen molar-refractivity contribution in [2.75, 3.05) is 20.2 Å². The molecule has 1 saturated heterocycles. The smallest absolute Gasteiger partial charge is 0.119 e. The fourth-order valence-corrected chi connectivity index (χ4v) is 3.16. The number of hydrogen-bond acceptors (Lipinski definition) is 3. The third-order valence-electron chi connectivity index (χ3n) is 4.88. The Hall–Kier alpha value is -1.06. The zero-order valence-corrected chi connectivity index (χ0v) is 14.0. The van der Waals surface area contributed by atoms with Gasteiger partial charge < -0.3 is 10.1 Å². The van der Waals surface area contributed by atoms with Crippen LogP contribution in [-0.4, -0.2) is 36.7 Å². The van der Waals surface area contributed by atoms with E-state index in [0.717, 1.165) is 25.4 Å². The van der Waals surface area contributed by atoms with Crippen LogP contribution < -0.4 is 10.1 Å². The standard InChI is InChI=1S/C18H30N2O/c1-5-8-16-13-20(18(3,6-2)14-19-16)12-15-9-7-10-17(11-15)21-4/h7,9-11,16,19H,5-6,8,12-14H2,1-4H3. The Kier molecular flexibility index (Phi) is 5.65. The summed E-state index contributed by atoms with van der Waals surface area (Å²) in [5.74, 6) is 0.950. The van der Waals surface area contributed by atoms with Gasteiger partial charge in [0.2, 0.25) is 0 Å². The van der Waals surface area contributed by atoms with Crippen LogP contribution in [0.25, 0.3) is 0 Å². The van der Waals surface area contributed by atoms with Crippen LogP contribution in [-0.2, 0) is 6.54 Å². The predicted octanol–water partition coefficient (Wildman–Crippen LogP) is 3.44. The van der Waals surface area contributed by atoms with Gasteiger partial charge in [-0.15, -0.1) is 0 Å². The lowest BCUT2D eigenvalue weighted by Gasteiger charge is -2.48. The van der Waals surface area contributed by atoms with E-state index >= 15 is 0 Å². The van der Waals surface area contributed by atoms with Crippen LogP contribution in [0.4, 0.5) is 0 Å². The topological polar surface area (TPSA) is 24.5 Å². The molecule has 1 fully saturated rings. The largest absolute Gasteiger partial charge is 0.497 e. The fourth-order valence-electron chi connectivity index (χ4n) is 3.16. The normalized spacial score (nSPS) is 26.8. The average molecular weight is 290 g/mol. The van der Waals surface area contributed by atoms with Crippen LogP contribution in [0.2, 0.25) is 0 Å². The van der Waals surface area contributed by atoms with E-state index in [4.69, 9.17) is 4.74 Å². The third kappa shape index (κ3) is 3.98. The van der Waals surface area contributed by atoms with E-state index < -0.39 is 0 Å². The third-order valence-corrected chi connectivity index (χ3v) is 4.88. The summed E-state index contributed by atoms with van der Waals surface area (Å²) in [4.78, 5) is 2.65. The first-order valence-electron chi connectivity index (χ1n) is 8.22. The van der Waals surface area contributed by atoms with E-state index in [1.165, 1.54) is 24.8 Å². The number of hydrogen-bond donors (Lipinski definition) is 1. The number of piperazine rings is 1. The Balaban J connectivity index is 2.12. The van der Waals surface area contributed by atoms with Gasteiger partial charge in [0.1, 0.15) is 5.75 Å². The number of methoxy groups -OCH3 is 1. The van der Waals surface area contributed by atoms with Crippen molar-refractivity contribution in [3.8, 4) is 5.75 Å². The van der Waals surface area contributed by atoms with Crippen molar-refractivity contribution in [1.82, 2.24) is 10.2 Å². The second-order valence-corrected chi connectivity index (χ2v) is 6.45. The van der Waals surface area contributed by atoms with Crippen molar-refractivity contribution in [3.05, 3.63) is 29.8 Å². The molecule has 118 valence electrons. The molecule has 2 atom stereocenters. The lowest BCUT2D eigenvalue weighted by molar-refractivity contribution is 0.0396. The highest BCUT2D eigenvalue weighted by atomic mass is 16.5. The number of ether oxygens (including phenoxy) is 1. The molecule has 0 spiro atoms. The quantitative estimate of drug-likeness (QED) is 0.868. The van der Waals surface area contributed by atoms with Crippen LogP contribution in [0, 0.1) is 0 Å². The molecular formula is C18H30N2O. The Morgan fingerprint density at radius 3 is 2.86 bits per heavy atom. The molecule has 2 unspecified atom stereocenters. The van der Waals surface area contributed by atoms with Crippen LogP contribution in [0.3, 0.4) is 0 Å². The Morgan fingerprint density at radius 2 is 2.19 bits per heavy atom. The summed E-state index contributed by atoms with van der Waals surface area (Å²) in [5.41, 5.74) is 1.58. The molecule has 0 aliphatic carbocycles. The molecule has 0 aromatic heterocycles. The van der Waals surface area contributed by atoms with Gasteiger partial charge in [0, 0.05) is 31.2 Å². The van der Waals surface area contributed by atoms with E-state index in [0.29, 0.717) is 6.04 Å². The van der Waals surface area contributed by atoms with Crippen LogP contribution >= 0.6 is 0 Å². The van der Waals surface area contributed by atoms with Gasteiger partial charge >= 0.3 is 0 Å². The second kappa shape index (κ2) is 7.28. The highest BCUT2D eigenvalue weighted by molar-refractivity contribution is 5.28. The maximum atomic E-state index is 5.35. The van der Waals surface area contributed by atoms with E-state index in [1.54, 1.807) is 7.11 Å². The Morgan fingerprint density at radius 1 is 1.38 bits per heavy atom. The lowest BCUT2D eigenvalue weighted by Crippen LogP contribution is -2.62. The number of nitrogens with one attached hydrogen (secondary N) is 1. The molecule has 1 heterocycles. The number of rotatable bonds is 6. The minimum atomic E-state index is 0.243. The monoisotopic (exact) mass is 290 g/mol. The molecule has 0 amide bonds. The van der Waals surface area contributed by atoms with Crippen LogP contribution in [0.5, 0.6) is 5.75 Å². The predicted molar refractivity (Wildman–Crippen MR) is 88.8 cm³/mol. The van der Waals surface area contributed by atoms with Gasteiger partial charge in [-0.3, -0.25) is 4.90 Å². The summed E-state index contributed by atoms with van der Waals surface area (Å²) in [6, 6.07) is 9.09. The van der Waals surface area contributed by atoms with Crippen LogP contribution in [0.1, 0.15) is 45.6 Å². The molecule has 1 N–H and O–H groups in total. The van der Waals surface area contributed by atoms with Crippen molar-refractivity contribution < 1.29 is 4.74 Å². The zero-order chi connectivity index (χ0) is 15.3. The van der Waals surface area contributed by atoms with Crippen molar-refractivity contribution >= 4 is 0 Å². The fraction of sp³-hybridized carbons (Fsp3) is 0.667. The summed E-state index contributed by atoms with van der Waals surface area (Å²) < 4.78 is 5.35. The summed E-state index contributed by atoms with van der Waals surface area (Å²) in [6.07, 6.45) is 3.67. The number of benzene rings is 1. The molecule has 0 saturated carbocycles. The highest BCUT2D eigenvalue weighted by Crippen LogP contribution is 2.27. The molecular weight excluding hydrogens is 260 g/mol. The molecule has 2 rings (SSSR count). The molecule has 1 aliphatic heterocycles. The van der Waals surface area contributed by atoms with E-state index in [9.17, 15) is 0 Å². The molecule has 3 nitrogen and oxygen atoms in total. The maximum Gasteiger partial charge on any atom is 0.119 e. The van der Waals surface area contributed by atoms with Gasteiger partial charge in [0.05, 0.1) is 7.11 Å². The van der Waals surface area contributed by atoms with E-state index in [2.05, 4.69) is 49.2 Å². The Labute approximate surface area is 129 Å². The first-order valence-corrected chi connectivity index (χ1v) is 8.22. The minimum absolute atomic E-state index is 0.243. The van der Waals surface area contributed by atoms with Gasteiger partial charge in [0.25, 0.3) is 0 Å². The van der Waals surface area contributed by atoms with Gasteiger partial charge in [-0.2, -0.15) is 0 Å². The van der Waals surface area contributed by atoms with Gasteiger partial charge in [-0.25, -0.2) is 0 Å². The first-order chi connectivity index (χ1) is 10.1.